The molecule has 0 aliphatic rings. The third-order valence-electron chi connectivity index (χ3n) is 5.57. The van der Waals surface area contributed by atoms with Crippen LogP contribution in [0.5, 0.6) is 0 Å². The van der Waals surface area contributed by atoms with Gasteiger partial charge in [-0.15, -0.1) is 22.7 Å². The molecule has 5 aromatic rings. The molecule has 0 saturated heterocycles. The van der Waals surface area contributed by atoms with Gasteiger partial charge in [-0.2, -0.15) is 0 Å². The third kappa shape index (κ3) is 4.30. The summed E-state index contributed by atoms with van der Waals surface area (Å²) < 4.78 is 14.8. The zero-order chi connectivity index (χ0) is 23.7. The van der Waals surface area contributed by atoms with Crippen LogP contribution < -0.4 is 10.9 Å². The fourth-order valence-corrected chi connectivity index (χ4v) is 5.80. The van der Waals surface area contributed by atoms with Crippen molar-refractivity contribution in [3.05, 3.63) is 110 Å². The van der Waals surface area contributed by atoms with Gasteiger partial charge in [0.2, 0.25) is 5.91 Å². The fourth-order valence-electron chi connectivity index (χ4n) is 3.99. The minimum absolute atomic E-state index is 0.173. The molecule has 5 nitrogen and oxygen atoms in total. The van der Waals surface area contributed by atoms with E-state index in [2.05, 4.69) is 10.3 Å². The summed E-state index contributed by atoms with van der Waals surface area (Å²) >= 11 is 2.97. The average Bonchev–Trinajstić information content (AvgIpc) is 3.49. The Morgan fingerprint density at radius 1 is 1.09 bits per heavy atom. The second-order valence-corrected chi connectivity index (χ2v) is 10.0. The van der Waals surface area contributed by atoms with E-state index in [9.17, 15) is 14.0 Å². The predicted octanol–water partition coefficient (Wildman–Crippen LogP) is 5.54. The number of nitrogens with one attached hydrogen (secondary N) is 1. The van der Waals surface area contributed by atoms with E-state index in [4.69, 9.17) is 0 Å². The maximum atomic E-state index is 13.4. The number of benzene rings is 2. The highest BCUT2D eigenvalue weighted by atomic mass is 32.1. The van der Waals surface area contributed by atoms with Gasteiger partial charge in [-0.1, -0.05) is 48.5 Å². The Hall–Kier alpha value is -3.62. The second-order valence-electron chi connectivity index (χ2n) is 7.82. The molecule has 170 valence electrons. The first-order valence-corrected chi connectivity index (χ1v) is 12.3. The summed E-state index contributed by atoms with van der Waals surface area (Å²) in [5.74, 6) is -0.676. The molecule has 2 aromatic carbocycles. The van der Waals surface area contributed by atoms with E-state index < -0.39 is 6.04 Å². The van der Waals surface area contributed by atoms with E-state index in [1.54, 1.807) is 12.1 Å². The monoisotopic (exact) mass is 489 g/mol. The highest BCUT2D eigenvalue weighted by Gasteiger charge is 2.21. The number of amides is 1. The topological polar surface area (TPSA) is 64.0 Å². The molecule has 3 heterocycles. The molecule has 0 aliphatic carbocycles. The standard InChI is InChI=1S/C26H20FN3O2S2/c1-16-22(17-6-3-2-4-7-17)23-25(34-16)28-15-30(26(23)32)14-21(31)29-24(20-8-5-13-33-20)18-9-11-19(27)12-10-18/h2-13,15,24H,14H2,1H3,(H,29,31)/t24-/m1/s1. The molecule has 0 radical (unpaired) electrons. The second kappa shape index (κ2) is 9.32. The molecule has 0 unspecified atom stereocenters. The van der Waals surface area contributed by atoms with Crippen molar-refractivity contribution in [2.24, 2.45) is 0 Å². The van der Waals surface area contributed by atoms with Gasteiger partial charge in [0.25, 0.3) is 5.56 Å². The Labute approximate surface area is 203 Å². The number of thiophene rings is 2. The third-order valence-corrected chi connectivity index (χ3v) is 7.52. The molecule has 0 bridgehead atoms. The molecule has 0 saturated carbocycles. The van der Waals surface area contributed by atoms with Crippen molar-refractivity contribution in [2.75, 3.05) is 0 Å². The first kappa shape index (κ1) is 22.2. The number of hydrogen-bond acceptors (Lipinski definition) is 5. The van der Waals surface area contributed by atoms with E-state index in [1.165, 1.54) is 45.7 Å². The summed E-state index contributed by atoms with van der Waals surface area (Å²) in [5.41, 5.74) is 2.31. The number of rotatable bonds is 6. The van der Waals surface area contributed by atoms with Crippen molar-refractivity contribution in [3.8, 4) is 11.1 Å². The van der Waals surface area contributed by atoms with Gasteiger partial charge in [-0.25, -0.2) is 9.37 Å². The molecular weight excluding hydrogens is 469 g/mol. The van der Waals surface area contributed by atoms with Crippen molar-refractivity contribution in [1.82, 2.24) is 14.9 Å². The van der Waals surface area contributed by atoms with Crippen molar-refractivity contribution >= 4 is 38.8 Å². The highest BCUT2D eigenvalue weighted by molar-refractivity contribution is 7.19. The molecular formula is C26H20FN3O2S2. The van der Waals surface area contributed by atoms with E-state index in [-0.39, 0.29) is 23.8 Å². The van der Waals surface area contributed by atoms with Gasteiger partial charge in [0, 0.05) is 15.3 Å². The van der Waals surface area contributed by atoms with E-state index >= 15 is 0 Å². The Morgan fingerprint density at radius 2 is 1.85 bits per heavy atom. The van der Waals surface area contributed by atoms with Gasteiger partial charge in [0.15, 0.2) is 0 Å². The number of aromatic nitrogens is 2. The minimum atomic E-state index is -0.441. The average molecular weight is 490 g/mol. The van der Waals surface area contributed by atoms with Gasteiger partial charge < -0.3 is 5.32 Å². The van der Waals surface area contributed by atoms with Crippen LogP contribution in [0.15, 0.2) is 83.2 Å². The first-order valence-electron chi connectivity index (χ1n) is 10.6. The Bertz CT molecular complexity index is 1510. The van der Waals surface area contributed by atoms with Crippen LogP contribution in [0.4, 0.5) is 4.39 Å². The molecule has 3 aromatic heterocycles. The van der Waals surface area contributed by atoms with Gasteiger partial charge in [0.1, 0.15) is 17.2 Å². The van der Waals surface area contributed by atoms with Crippen LogP contribution >= 0.6 is 22.7 Å². The lowest BCUT2D eigenvalue weighted by Crippen LogP contribution is -2.35. The number of halogens is 1. The summed E-state index contributed by atoms with van der Waals surface area (Å²) in [7, 11) is 0. The van der Waals surface area contributed by atoms with Crippen LogP contribution in [0, 0.1) is 12.7 Å². The van der Waals surface area contributed by atoms with Crippen LogP contribution in [-0.4, -0.2) is 15.5 Å². The maximum Gasteiger partial charge on any atom is 0.263 e. The normalized spacial score (nSPS) is 12.1. The van der Waals surface area contributed by atoms with Crippen molar-refractivity contribution < 1.29 is 9.18 Å². The molecule has 1 atom stereocenters. The van der Waals surface area contributed by atoms with Crippen LogP contribution in [0.2, 0.25) is 0 Å². The lowest BCUT2D eigenvalue weighted by Gasteiger charge is -2.18. The van der Waals surface area contributed by atoms with Gasteiger partial charge in [0.05, 0.1) is 17.8 Å². The Kier molecular flexibility index (Phi) is 6.08. The zero-order valence-electron chi connectivity index (χ0n) is 18.2. The van der Waals surface area contributed by atoms with E-state index in [0.717, 1.165) is 26.4 Å². The summed E-state index contributed by atoms with van der Waals surface area (Å²) in [6.07, 6.45) is 1.42. The maximum absolute atomic E-state index is 13.4. The smallest absolute Gasteiger partial charge is 0.263 e. The Morgan fingerprint density at radius 3 is 2.56 bits per heavy atom. The predicted molar refractivity (Wildman–Crippen MR) is 135 cm³/mol. The van der Waals surface area contributed by atoms with Crippen molar-refractivity contribution in [3.63, 3.8) is 0 Å². The van der Waals surface area contributed by atoms with E-state index in [0.29, 0.717) is 10.2 Å². The van der Waals surface area contributed by atoms with Crippen LogP contribution in [0.25, 0.3) is 21.3 Å². The summed E-state index contributed by atoms with van der Waals surface area (Å²) in [6, 6.07) is 19.1. The van der Waals surface area contributed by atoms with Crippen molar-refractivity contribution in [1.29, 1.82) is 0 Å². The number of carbonyl (C=O) groups is 1. The SMILES string of the molecule is Cc1sc2ncn(CC(=O)N[C@H](c3ccc(F)cc3)c3cccs3)c(=O)c2c1-c1ccccc1. The quantitative estimate of drug-likeness (QED) is 0.341. The van der Waals surface area contributed by atoms with Crippen molar-refractivity contribution in [2.45, 2.75) is 19.5 Å². The Balaban J connectivity index is 1.47. The number of fused-ring (bicyclic) bond motifs is 1. The number of nitrogens with zero attached hydrogens (tertiary/aromatic N) is 2. The molecule has 1 N–H and O–H groups in total. The molecule has 34 heavy (non-hydrogen) atoms. The number of hydrogen-bond donors (Lipinski definition) is 1. The summed E-state index contributed by atoms with van der Waals surface area (Å²) in [5, 5.41) is 5.44. The highest BCUT2D eigenvalue weighted by Crippen LogP contribution is 2.35. The minimum Gasteiger partial charge on any atom is -0.343 e. The molecule has 0 fully saturated rings. The van der Waals surface area contributed by atoms with Crippen LogP contribution in [0.3, 0.4) is 0 Å². The molecule has 1 amide bonds. The van der Waals surface area contributed by atoms with E-state index in [1.807, 2.05) is 54.8 Å². The van der Waals surface area contributed by atoms with Gasteiger partial charge in [-0.3, -0.25) is 14.2 Å². The van der Waals surface area contributed by atoms with Gasteiger partial charge >= 0.3 is 0 Å². The summed E-state index contributed by atoms with van der Waals surface area (Å²) in [6.45, 7) is 1.80. The van der Waals surface area contributed by atoms with Gasteiger partial charge in [-0.05, 0) is 41.6 Å². The van der Waals surface area contributed by atoms with Crippen LogP contribution in [0.1, 0.15) is 21.4 Å². The first-order chi connectivity index (χ1) is 16.5. The number of aryl methyl sites for hydroxylation is 1. The van der Waals surface area contributed by atoms with Crippen LogP contribution in [-0.2, 0) is 11.3 Å². The molecule has 0 aliphatic heterocycles. The number of carbonyl (C=O) groups excluding carboxylic acids is 1. The zero-order valence-corrected chi connectivity index (χ0v) is 19.8. The summed E-state index contributed by atoms with van der Waals surface area (Å²) in [4.78, 5) is 33.5. The fraction of sp³-hybridized carbons (Fsp3) is 0.115. The lowest BCUT2D eigenvalue weighted by atomic mass is 10.0. The molecule has 8 heteroatoms. The molecule has 0 spiro atoms. The lowest BCUT2D eigenvalue weighted by molar-refractivity contribution is -0.122. The largest absolute Gasteiger partial charge is 0.343 e. The molecule has 5 rings (SSSR count).